The van der Waals surface area contributed by atoms with Gasteiger partial charge >= 0.3 is 6.03 Å². The summed E-state index contributed by atoms with van der Waals surface area (Å²) >= 11 is 0. The normalized spacial score (nSPS) is 35.7. The molecule has 2 amide bonds. The van der Waals surface area contributed by atoms with Gasteiger partial charge in [0, 0.05) is 6.54 Å². The molecule has 1 heterocycles. The molecule has 0 spiro atoms. The summed E-state index contributed by atoms with van der Waals surface area (Å²) in [6.07, 6.45) is 3.64. The van der Waals surface area contributed by atoms with Crippen molar-refractivity contribution < 1.29 is 4.79 Å². The summed E-state index contributed by atoms with van der Waals surface area (Å²) in [6.45, 7) is 2.90. The van der Waals surface area contributed by atoms with Crippen molar-refractivity contribution in [1.82, 2.24) is 10.2 Å². The molecular weight excluding hydrogens is 140 g/mol. The number of amides is 2. The number of fused-ring (bicyclic) bond motifs is 1. The van der Waals surface area contributed by atoms with Crippen LogP contribution in [0.25, 0.3) is 0 Å². The summed E-state index contributed by atoms with van der Waals surface area (Å²) in [5.41, 5.74) is 0. The second-order valence-electron chi connectivity index (χ2n) is 3.34. The smallest absolute Gasteiger partial charge is 0.317 e. The Balaban J connectivity index is 2.13. The Morgan fingerprint density at radius 1 is 1.64 bits per heavy atom. The first-order valence-corrected chi connectivity index (χ1v) is 4.40. The van der Waals surface area contributed by atoms with Crippen molar-refractivity contribution >= 4 is 6.03 Å². The van der Waals surface area contributed by atoms with Crippen LogP contribution in [0.1, 0.15) is 26.2 Å². The van der Waals surface area contributed by atoms with Gasteiger partial charge < -0.3 is 10.2 Å². The number of carbonyl (C=O) groups excluding carboxylic acids is 1. The zero-order valence-corrected chi connectivity index (χ0v) is 6.84. The maximum absolute atomic E-state index is 11.2. The van der Waals surface area contributed by atoms with Crippen LogP contribution < -0.4 is 5.32 Å². The summed E-state index contributed by atoms with van der Waals surface area (Å²) in [5.74, 6) is 0. The molecule has 2 fully saturated rings. The lowest BCUT2D eigenvalue weighted by atomic mass is 10.2. The quantitative estimate of drug-likeness (QED) is 0.599. The molecule has 0 aromatic carbocycles. The standard InChI is InChI=1S/C8H14N2O/c1-2-10-7-5-3-4-6(7)9-8(10)11/h6-7H,2-5H2,1H3,(H,9,11)/t6-,7+/m1/s1. The molecule has 1 saturated carbocycles. The van der Waals surface area contributed by atoms with Gasteiger partial charge in [-0.15, -0.1) is 0 Å². The summed E-state index contributed by atoms with van der Waals surface area (Å²) in [4.78, 5) is 13.2. The van der Waals surface area contributed by atoms with Gasteiger partial charge in [-0.1, -0.05) is 0 Å². The van der Waals surface area contributed by atoms with Crippen molar-refractivity contribution in [2.75, 3.05) is 6.54 Å². The molecule has 0 radical (unpaired) electrons. The lowest BCUT2D eigenvalue weighted by molar-refractivity contribution is 0.206. The Hall–Kier alpha value is -0.730. The molecule has 1 aliphatic heterocycles. The van der Waals surface area contributed by atoms with Gasteiger partial charge in [-0.2, -0.15) is 0 Å². The lowest BCUT2D eigenvalue weighted by Crippen LogP contribution is -2.33. The molecular formula is C8H14N2O. The van der Waals surface area contributed by atoms with Crippen molar-refractivity contribution in [3.8, 4) is 0 Å². The van der Waals surface area contributed by atoms with Gasteiger partial charge in [0.15, 0.2) is 0 Å². The molecule has 2 aliphatic rings. The van der Waals surface area contributed by atoms with E-state index < -0.39 is 0 Å². The van der Waals surface area contributed by atoms with E-state index in [2.05, 4.69) is 5.32 Å². The topological polar surface area (TPSA) is 32.3 Å². The highest BCUT2D eigenvalue weighted by molar-refractivity contribution is 5.77. The molecule has 1 saturated heterocycles. The summed E-state index contributed by atoms with van der Waals surface area (Å²) in [7, 11) is 0. The van der Waals surface area contributed by atoms with E-state index in [4.69, 9.17) is 0 Å². The molecule has 2 atom stereocenters. The van der Waals surface area contributed by atoms with Gasteiger partial charge in [-0.25, -0.2) is 4.79 Å². The molecule has 0 aromatic rings. The number of nitrogens with one attached hydrogen (secondary N) is 1. The van der Waals surface area contributed by atoms with E-state index in [1.54, 1.807) is 0 Å². The van der Waals surface area contributed by atoms with Gasteiger partial charge in [0.1, 0.15) is 0 Å². The van der Waals surface area contributed by atoms with E-state index in [0.29, 0.717) is 12.1 Å². The highest BCUT2D eigenvalue weighted by Gasteiger charge is 2.40. The number of likely N-dealkylation sites (N-methyl/N-ethyl adjacent to an activating group) is 1. The number of hydrogen-bond donors (Lipinski definition) is 1. The first-order valence-electron chi connectivity index (χ1n) is 4.40. The maximum Gasteiger partial charge on any atom is 0.317 e. The second kappa shape index (κ2) is 2.40. The van der Waals surface area contributed by atoms with E-state index in [0.717, 1.165) is 6.54 Å². The Morgan fingerprint density at radius 3 is 3.18 bits per heavy atom. The van der Waals surface area contributed by atoms with Crippen LogP contribution in [-0.4, -0.2) is 29.6 Å². The first kappa shape index (κ1) is 6.95. The number of urea groups is 1. The highest BCUT2D eigenvalue weighted by Crippen LogP contribution is 2.28. The number of nitrogens with zero attached hydrogens (tertiary/aromatic N) is 1. The Bertz CT molecular complexity index is 181. The lowest BCUT2D eigenvalue weighted by Gasteiger charge is -2.19. The molecule has 0 unspecified atom stereocenters. The molecule has 62 valence electrons. The van der Waals surface area contributed by atoms with E-state index in [1.165, 1.54) is 19.3 Å². The van der Waals surface area contributed by atoms with Crippen LogP contribution in [0, 0.1) is 0 Å². The molecule has 3 heteroatoms. The molecule has 0 aromatic heterocycles. The van der Waals surface area contributed by atoms with E-state index >= 15 is 0 Å². The molecule has 11 heavy (non-hydrogen) atoms. The molecule has 3 nitrogen and oxygen atoms in total. The zero-order valence-electron chi connectivity index (χ0n) is 6.84. The minimum absolute atomic E-state index is 0.141. The Labute approximate surface area is 66.8 Å². The van der Waals surface area contributed by atoms with Crippen molar-refractivity contribution in [2.24, 2.45) is 0 Å². The summed E-state index contributed by atoms with van der Waals surface area (Å²) in [5, 5.41) is 3.00. The maximum atomic E-state index is 11.2. The van der Waals surface area contributed by atoms with E-state index in [9.17, 15) is 4.79 Å². The van der Waals surface area contributed by atoms with Crippen LogP contribution in [0.4, 0.5) is 4.79 Å². The predicted octanol–water partition coefficient (Wildman–Crippen LogP) is 0.953. The third kappa shape index (κ3) is 0.905. The van der Waals surface area contributed by atoms with Crippen LogP contribution in [0.2, 0.25) is 0 Å². The zero-order chi connectivity index (χ0) is 7.84. The minimum Gasteiger partial charge on any atom is -0.333 e. The van der Waals surface area contributed by atoms with Crippen molar-refractivity contribution in [1.29, 1.82) is 0 Å². The predicted molar refractivity (Wildman–Crippen MR) is 42.3 cm³/mol. The molecule has 1 N–H and O–H groups in total. The van der Waals surface area contributed by atoms with Crippen LogP contribution in [-0.2, 0) is 0 Å². The second-order valence-corrected chi connectivity index (χ2v) is 3.34. The van der Waals surface area contributed by atoms with Crippen LogP contribution in [0.15, 0.2) is 0 Å². The number of carbonyl (C=O) groups is 1. The number of hydrogen-bond acceptors (Lipinski definition) is 1. The van der Waals surface area contributed by atoms with E-state index in [1.807, 2.05) is 11.8 Å². The first-order chi connectivity index (χ1) is 5.33. The van der Waals surface area contributed by atoms with Crippen LogP contribution >= 0.6 is 0 Å². The van der Waals surface area contributed by atoms with E-state index in [-0.39, 0.29) is 6.03 Å². The SMILES string of the molecule is CCN1C(=O)N[C@@H]2CCC[C@@H]21. The van der Waals surface area contributed by atoms with Gasteiger partial charge in [0.25, 0.3) is 0 Å². The van der Waals surface area contributed by atoms with Gasteiger partial charge in [0.2, 0.25) is 0 Å². The Morgan fingerprint density at radius 2 is 2.45 bits per heavy atom. The minimum atomic E-state index is 0.141. The molecule has 0 bridgehead atoms. The molecule has 1 aliphatic carbocycles. The fraction of sp³-hybridized carbons (Fsp3) is 0.875. The van der Waals surface area contributed by atoms with Crippen molar-refractivity contribution in [3.05, 3.63) is 0 Å². The fourth-order valence-electron chi connectivity index (χ4n) is 2.25. The average molecular weight is 154 g/mol. The number of rotatable bonds is 1. The van der Waals surface area contributed by atoms with Crippen molar-refractivity contribution in [2.45, 2.75) is 38.3 Å². The fourth-order valence-corrected chi connectivity index (χ4v) is 2.25. The van der Waals surface area contributed by atoms with Crippen molar-refractivity contribution in [3.63, 3.8) is 0 Å². The van der Waals surface area contributed by atoms with Gasteiger partial charge in [0.05, 0.1) is 12.1 Å². The monoisotopic (exact) mass is 154 g/mol. The third-order valence-corrected chi connectivity index (χ3v) is 2.79. The van der Waals surface area contributed by atoms with Gasteiger partial charge in [-0.05, 0) is 26.2 Å². The van der Waals surface area contributed by atoms with Crippen LogP contribution in [0.5, 0.6) is 0 Å². The third-order valence-electron chi connectivity index (χ3n) is 2.79. The Kier molecular flexibility index (Phi) is 1.51. The average Bonchev–Trinajstić information content (AvgIpc) is 2.46. The molecule has 2 rings (SSSR count). The van der Waals surface area contributed by atoms with Gasteiger partial charge in [-0.3, -0.25) is 0 Å². The van der Waals surface area contributed by atoms with Crippen LogP contribution in [0.3, 0.4) is 0 Å². The summed E-state index contributed by atoms with van der Waals surface area (Å²) in [6, 6.07) is 1.11. The highest BCUT2D eigenvalue weighted by atomic mass is 16.2. The summed E-state index contributed by atoms with van der Waals surface area (Å²) < 4.78 is 0. The largest absolute Gasteiger partial charge is 0.333 e.